The Morgan fingerprint density at radius 3 is 3.08 bits per heavy atom. The Balaban J connectivity index is 1.59. The first-order valence-electron chi connectivity index (χ1n) is 7.66. The zero-order valence-electron chi connectivity index (χ0n) is 13.2. The lowest BCUT2D eigenvalue weighted by molar-refractivity contribution is -0.257. The fraction of sp³-hybridized carbons (Fsp3) is 0.312. The minimum atomic E-state index is -0.653. The molecule has 2 aromatic rings. The third-order valence-corrected chi connectivity index (χ3v) is 4.02. The van der Waals surface area contributed by atoms with E-state index in [1.807, 2.05) is 0 Å². The molecular weight excluding hydrogens is 351 g/mol. The summed E-state index contributed by atoms with van der Waals surface area (Å²) in [7, 11) is 0. The first kappa shape index (κ1) is 17.5. The van der Waals surface area contributed by atoms with Crippen LogP contribution in [0.4, 0.5) is 9.18 Å². The van der Waals surface area contributed by atoms with Gasteiger partial charge in [-0.2, -0.15) is 4.89 Å². The van der Waals surface area contributed by atoms with E-state index in [4.69, 9.17) is 21.4 Å². The second kappa shape index (κ2) is 8.19. The molecule has 25 heavy (non-hydrogen) atoms. The van der Waals surface area contributed by atoms with Gasteiger partial charge in [0.1, 0.15) is 18.8 Å². The molecule has 9 heteroatoms. The van der Waals surface area contributed by atoms with Gasteiger partial charge in [-0.3, -0.25) is 9.79 Å². The quantitative estimate of drug-likeness (QED) is 0.661. The van der Waals surface area contributed by atoms with Crippen LogP contribution in [-0.4, -0.2) is 40.6 Å². The molecule has 1 aliphatic rings. The van der Waals surface area contributed by atoms with Crippen molar-refractivity contribution in [1.29, 1.82) is 0 Å². The molecule has 1 saturated heterocycles. The van der Waals surface area contributed by atoms with Gasteiger partial charge in [-0.05, 0) is 18.2 Å². The minimum Gasteiger partial charge on any atom is -0.313 e. The number of amides is 1. The molecule has 1 aliphatic heterocycles. The second-order valence-electron chi connectivity index (χ2n) is 5.39. The number of nitrogens with zero attached hydrogens (tertiary/aromatic N) is 3. The third kappa shape index (κ3) is 4.41. The summed E-state index contributed by atoms with van der Waals surface area (Å²) in [5.41, 5.74) is 0.938. The van der Waals surface area contributed by atoms with Gasteiger partial charge in [0.15, 0.2) is 0 Å². The number of halogens is 2. The zero-order chi connectivity index (χ0) is 17.6. The molecule has 132 valence electrons. The van der Waals surface area contributed by atoms with Crippen molar-refractivity contribution in [3.05, 3.63) is 58.9 Å². The van der Waals surface area contributed by atoms with Crippen molar-refractivity contribution in [3.8, 4) is 0 Å². The second-order valence-corrected chi connectivity index (χ2v) is 5.83. The average molecular weight is 367 g/mol. The highest BCUT2D eigenvalue weighted by Crippen LogP contribution is 2.21. The summed E-state index contributed by atoms with van der Waals surface area (Å²) in [5.74, 6) is -0.524. The Bertz CT molecular complexity index is 735. The monoisotopic (exact) mass is 366 g/mol. The lowest BCUT2D eigenvalue weighted by atomic mass is 10.1. The van der Waals surface area contributed by atoms with Crippen molar-refractivity contribution >= 4 is 17.7 Å². The highest BCUT2D eigenvalue weighted by molar-refractivity contribution is 6.30. The number of aromatic nitrogens is 2. The van der Waals surface area contributed by atoms with Gasteiger partial charge >= 0.3 is 6.09 Å². The van der Waals surface area contributed by atoms with Gasteiger partial charge in [0.2, 0.25) is 0 Å². The maximum absolute atomic E-state index is 13.7. The number of rotatable bonds is 4. The van der Waals surface area contributed by atoms with E-state index < -0.39 is 11.9 Å². The van der Waals surface area contributed by atoms with Gasteiger partial charge in [0.25, 0.3) is 0 Å². The molecular formula is C16H16ClFN4O3. The lowest BCUT2D eigenvalue weighted by Crippen LogP contribution is -2.49. The Kier molecular flexibility index (Phi) is 5.75. The largest absolute Gasteiger partial charge is 0.441 e. The molecule has 7 nitrogen and oxygen atoms in total. The zero-order valence-corrected chi connectivity index (χ0v) is 13.9. The molecule has 0 saturated carbocycles. The summed E-state index contributed by atoms with van der Waals surface area (Å²) in [6.07, 6.45) is 2.38. The number of carbonyl (C=O) groups is 1. The summed E-state index contributed by atoms with van der Waals surface area (Å²) >= 11 is 5.69. The van der Waals surface area contributed by atoms with E-state index >= 15 is 0 Å². The number of hydrogen-bond donors (Lipinski definition) is 1. The molecule has 0 bridgehead atoms. The molecule has 0 spiro atoms. The smallest absolute Gasteiger partial charge is 0.313 e. The fourth-order valence-corrected chi connectivity index (χ4v) is 2.67. The molecule has 3 rings (SSSR count). The van der Waals surface area contributed by atoms with E-state index in [1.54, 1.807) is 12.3 Å². The van der Waals surface area contributed by atoms with E-state index in [-0.39, 0.29) is 23.2 Å². The molecule has 0 aliphatic carbocycles. The van der Waals surface area contributed by atoms with Gasteiger partial charge in [-0.15, -0.1) is 0 Å². The number of hydrogen-bond acceptors (Lipinski definition) is 6. The first-order valence-corrected chi connectivity index (χ1v) is 8.03. The van der Waals surface area contributed by atoms with Crippen LogP contribution in [0.15, 0.2) is 36.8 Å². The number of nitrogens with one attached hydrogen (secondary N) is 1. The Morgan fingerprint density at radius 1 is 1.44 bits per heavy atom. The van der Waals surface area contributed by atoms with Crippen LogP contribution < -0.4 is 5.32 Å². The predicted molar refractivity (Wildman–Crippen MR) is 87.0 cm³/mol. The van der Waals surface area contributed by atoms with E-state index in [1.165, 1.54) is 29.4 Å². The standard InChI is InChI=1S/C16H16ClFN4O3/c17-12-2-1-11(13(18)7-12)9-24-25-16(23)22-6-5-19-8-15(22)14-3-4-20-10-21-14/h1-4,7,10,15,19H,5-6,8-9H2. The van der Waals surface area contributed by atoms with Crippen LogP contribution in [0.1, 0.15) is 17.3 Å². The van der Waals surface area contributed by atoms with Crippen molar-refractivity contribution in [2.75, 3.05) is 19.6 Å². The molecule has 1 atom stereocenters. The van der Waals surface area contributed by atoms with E-state index in [0.717, 1.165) is 0 Å². The topological polar surface area (TPSA) is 76.6 Å². The lowest BCUT2D eigenvalue weighted by Gasteiger charge is -2.34. The average Bonchev–Trinajstić information content (AvgIpc) is 2.64. The van der Waals surface area contributed by atoms with Crippen molar-refractivity contribution < 1.29 is 19.0 Å². The minimum absolute atomic E-state index is 0.209. The molecule has 1 aromatic carbocycles. The van der Waals surface area contributed by atoms with E-state index in [9.17, 15) is 9.18 Å². The van der Waals surface area contributed by atoms with Crippen LogP contribution in [0.3, 0.4) is 0 Å². The summed E-state index contributed by atoms with van der Waals surface area (Å²) in [4.78, 5) is 31.6. The maximum atomic E-state index is 13.7. The highest BCUT2D eigenvalue weighted by atomic mass is 35.5. The Labute approximate surface area is 148 Å². The van der Waals surface area contributed by atoms with E-state index in [2.05, 4.69) is 15.3 Å². The molecule has 1 N–H and O–H groups in total. The van der Waals surface area contributed by atoms with Gasteiger partial charge in [0, 0.05) is 36.4 Å². The normalized spacial score (nSPS) is 17.4. The van der Waals surface area contributed by atoms with Crippen molar-refractivity contribution in [2.45, 2.75) is 12.6 Å². The Hall–Kier alpha value is -2.29. The summed E-state index contributed by atoms with van der Waals surface area (Å²) in [6, 6.07) is 5.62. The van der Waals surface area contributed by atoms with Gasteiger partial charge in [-0.1, -0.05) is 17.7 Å². The summed E-state index contributed by atoms with van der Waals surface area (Å²) in [6.45, 7) is 1.39. The predicted octanol–water partition coefficient (Wildman–Crippen LogP) is 2.48. The fourth-order valence-electron chi connectivity index (χ4n) is 2.52. The number of piperazine rings is 1. The molecule has 1 amide bonds. The molecule has 1 unspecified atom stereocenters. The Morgan fingerprint density at radius 2 is 2.32 bits per heavy atom. The van der Waals surface area contributed by atoms with Crippen molar-refractivity contribution in [2.24, 2.45) is 0 Å². The third-order valence-electron chi connectivity index (χ3n) is 3.78. The number of benzene rings is 1. The van der Waals surface area contributed by atoms with E-state index in [0.29, 0.717) is 25.3 Å². The maximum Gasteiger partial charge on any atom is 0.441 e. The van der Waals surface area contributed by atoms with Crippen LogP contribution in [0.25, 0.3) is 0 Å². The SMILES string of the molecule is O=C(OOCc1ccc(Cl)cc1F)N1CCNCC1c1ccncn1. The van der Waals surface area contributed by atoms with Crippen LogP contribution in [0, 0.1) is 5.82 Å². The molecule has 0 radical (unpaired) electrons. The summed E-state index contributed by atoms with van der Waals surface area (Å²) in [5, 5.41) is 3.48. The van der Waals surface area contributed by atoms with Gasteiger partial charge in [0.05, 0.1) is 11.7 Å². The van der Waals surface area contributed by atoms with Gasteiger partial charge in [-0.25, -0.2) is 19.2 Å². The molecule has 1 fully saturated rings. The van der Waals surface area contributed by atoms with Crippen molar-refractivity contribution in [1.82, 2.24) is 20.2 Å². The van der Waals surface area contributed by atoms with Gasteiger partial charge < -0.3 is 5.32 Å². The first-order chi connectivity index (χ1) is 12.1. The highest BCUT2D eigenvalue weighted by Gasteiger charge is 2.30. The molecule has 1 aromatic heterocycles. The van der Waals surface area contributed by atoms with Crippen LogP contribution in [0.2, 0.25) is 5.02 Å². The van der Waals surface area contributed by atoms with Crippen LogP contribution >= 0.6 is 11.6 Å². The van der Waals surface area contributed by atoms with Crippen molar-refractivity contribution in [3.63, 3.8) is 0 Å². The van der Waals surface area contributed by atoms with Crippen LogP contribution in [-0.2, 0) is 16.4 Å². The molecule has 2 heterocycles. The number of carbonyl (C=O) groups excluding carboxylic acids is 1. The summed E-state index contributed by atoms with van der Waals surface area (Å²) < 4.78 is 13.7. The van der Waals surface area contributed by atoms with Crippen LogP contribution in [0.5, 0.6) is 0 Å².